The number of unbranched alkanes of at least 4 members (excludes halogenated alkanes) is 4. The molecule has 0 aromatic rings. The van der Waals surface area contributed by atoms with Crippen molar-refractivity contribution < 1.29 is 21.6 Å². The standard InChI is InChI=1S/C13H25F3O2S/c1-5-6-7-8-9-10-11(12(2,3)4)19(17,18)13(14,15)16/h11H,5-10H2,1-4H3. The van der Waals surface area contributed by atoms with Gasteiger partial charge in [0.15, 0.2) is 0 Å². The third-order valence-electron chi connectivity index (χ3n) is 3.23. The molecule has 0 aromatic carbocycles. The smallest absolute Gasteiger partial charge is 0.219 e. The Morgan fingerprint density at radius 1 is 0.947 bits per heavy atom. The van der Waals surface area contributed by atoms with E-state index < -0.39 is 26.0 Å². The largest absolute Gasteiger partial charge is 0.497 e. The van der Waals surface area contributed by atoms with Crippen LogP contribution in [0.3, 0.4) is 0 Å². The summed E-state index contributed by atoms with van der Waals surface area (Å²) in [7, 11) is -5.09. The Labute approximate surface area is 114 Å². The van der Waals surface area contributed by atoms with Crippen molar-refractivity contribution in [3.63, 3.8) is 0 Å². The second kappa shape index (κ2) is 6.95. The molecule has 0 amide bonds. The minimum atomic E-state index is -5.16. The summed E-state index contributed by atoms with van der Waals surface area (Å²) in [6.45, 7) is 6.69. The quantitative estimate of drug-likeness (QED) is 0.639. The third kappa shape index (κ3) is 5.71. The Morgan fingerprint density at radius 2 is 1.42 bits per heavy atom. The first-order valence-corrected chi connectivity index (χ1v) is 8.29. The molecule has 1 unspecified atom stereocenters. The molecule has 0 aliphatic heterocycles. The van der Waals surface area contributed by atoms with E-state index in [4.69, 9.17) is 0 Å². The zero-order valence-electron chi connectivity index (χ0n) is 12.2. The number of hydrogen-bond donors (Lipinski definition) is 0. The minimum Gasteiger partial charge on any atom is -0.219 e. The van der Waals surface area contributed by atoms with Gasteiger partial charge in [0.25, 0.3) is 9.84 Å². The van der Waals surface area contributed by atoms with Crippen LogP contribution in [-0.4, -0.2) is 19.2 Å². The van der Waals surface area contributed by atoms with Gasteiger partial charge in [0, 0.05) is 0 Å². The van der Waals surface area contributed by atoms with Crippen LogP contribution in [0.15, 0.2) is 0 Å². The van der Waals surface area contributed by atoms with Crippen molar-refractivity contribution in [3.05, 3.63) is 0 Å². The first kappa shape index (κ1) is 18.7. The molecule has 0 radical (unpaired) electrons. The molecule has 1 atom stereocenters. The van der Waals surface area contributed by atoms with Crippen LogP contribution < -0.4 is 0 Å². The molecule has 0 aromatic heterocycles. The van der Waals surface area contributed by atoms with Gasteiger partial charge in [-0.1, -0.05) is 59.8 Å². The van der Waals surface area contributed by atoms with E-state index in [1.54, 1.807) is 20.8 Å². The molecule has 0 heterocycles. The van der Waals surface area contributed by atoms with Gasteiger partial charge < -0.3 is 0 Å². The fourth-order valence-electron chi connectivity index (χ4n) is 2.15. The van der Waals surface area contributed by atoms with Gasteiger partial charge in [-0.2, -0.15) is 13.2 Å². The molecule has 19 heavy (non-hydrogen) atoms. The Hall–Kier alpha value is -0.260. The summed E-state index contributed by atoms with van der Waals surface area (Å²) in [5.41, 5.74) is -6.06. The van der Waals surface area contributed by atoms with Crippen LogP contribution in [0.1, 0.15) is 66.2 Å². The van der Waals surface area contributed by atoms with Gasteiger partial charge in [-0.15, -0.1) is 0 Å². The second-order valence-corrected chi connectivity index (χ2v) is 8.17. The van der Waals surface area contributed by atoms with Crippen molar-refractivity contribution >= 4 is 9.84 Å². The van der Waals surface area contributed by atoms with Crippen LogP contribution in [0.5, 0.6) is 0 Å². The number of alkyl halides is 3. The average Bonchev–Trinajstić information content (AvgIpc) is 2.19. The maximum absolute atomic E-state index is 12.7. The van der Waals surface area contributed by atoms with Crippen LogP contribution >= 0.6 is 0 Å². The van der Waals surface area contributed by atoms with Crippen molar-refractivity contribution in [2.24, 2.45) is 5.41 Å². The highest BCUT2D eigenvalue weighted by Gasteiger charge is 2.53. The molecule has 0 rings (SSSR count). The highest BCUT2D eigenvalue weighted by Crippen LogP contribution is 2.38. The molecule has 2 nitrogen and oxygen atoms in total. The highest BCUT2D eigenvalue weighted by atomic mass is 32.2. The van der Waals surface area contributed by atoms with Gasteiger partial charge in [-0.3, -0.25) is 0 Å². The van der Waals surface area contributed by atoms with E-state index in [1.807, 2.05) is 6.92 Å². The van der Waals surface area contributed by atoms with Crippen LogP contribution in [0.4, 0.5) is 13.2 Å². The third-order valence-corrected chi connectivity index (χ3v) is 5.57. The SMILES string of the molecule is CCCCCCCC(C(C)(C)C)S(=O)(=O)C(F)(F)F. The fourth-order valence-corrected chi connectivity index (χ4v) is 3.88. The van der Waals surface area contributed by atoms with Crippen molar-refractivity contribution in [2.75, 3.05) is 0 Å². The molecule has 0 fully saturated rings. The fraction of sp³-hybridized carbons (Fsp3) is 1.00. The summed E-state index contributed by atoms with van der Waals surface area (Å²) >= 11 is 0. The summed E-state index contributed by atoms with van der Waals surface area (Å²) < 4.78 is 61.2. The van der Waals surface area contributed by atoms with Gasteiger partial charge in [0.1, 0.15) is 0 Å². The van der Waals surface area contributed by atoms with E-state index in [2.05, 4.69) is 0 Å². The lowest BCUT2D eigenvalue weighted by molar-refractivity contribution is -0.0457. The molecule has 0 saturated heterocycles. The summed E-state index contributed by atoms with van der Waals surface area (Å²) in [5.74, 6) is 0. The average molecular weight is 302 g/mol. The van der Waals surface area contributed by atoms with Gasteiger partial charge >= 0.3 is 5.51 Å². The second-order valence-electron chi connectivity index (χ2n) is 6.05. The lowest BCUT2D eigenvalue weighted by Crippen LogP contribution is -2.42. The molecule has 6 heteroatoms. The molecule has 116 valence electrons. The van der Waals surface area contributed by atoms with Crippen molar-refractivity contribution in [1.29, 1.82) is 0 Å². The van der Waals surface area contributed by atoms with E-state index in [0.717, 1.165) is 25.7 Å². The van der Waals surface area contributed by atoms with E-state index in [1.165, 1.54) is 0 Å². The van der Waals surface area contributed by atoms with Crippen molar-refractivity contribution in [2.45, 2.75) is 77.0 Å². The van der Waals surface area contributed by atoms with E-state index in [0.29, 0.717) is 6.42 Å². The molecule has 0 aliphatic rings. The van der Waals surface area contributed by atoms with Crippen molar-refractivity contribution in [1.82, 2.24) is 0 Å². The molecule has 0 saturated carbocycles. The van der Waals surface area contributed by atoms with Crippen LogP contribution in [0.2, 0.25) is 0 Å². The number of sulfone groups is 1. The molecule has 0 aliphatic carbocycles. The Morgan fingerprint density at radius 3 is 1.79 bits per heavy atom. The zero-order chi connectivity index (χ0) is 15.3. The molecule has 0 spiro atoms. The first-order valence-electron chi connectivity index (χ1n) is 6.74. The maximum Gasteiger partial charge on any atom is 0.497 e. The summed E-state index contributed by atoms with van der Waals surface area (Å²) in [6.07, 6.45) is 4.41. The lowest BCUT2D eigenvalue weighted by Gasteiger charge is -2.31. The molecule has 0 bridgehead atoms. The first-order chi connectivity index (χ1) is 8.44. The lowest BCUT2D eigenvalue weighted by atomic mass is 9.88. The van der Waals surface area contributed by atoms with Gasteiger partial charge in [-0.05, 0) is 11.8 Å². The topological polar surface area (TPSA) is 34.1 Å². The maximum atomic E-state index is 12.7. The van der Waals surface area contributed by atoms with Crippen LogP contribution in [0.25, 0.3) is 0 Å². The van der Waals surface area contributed by atoms with E-state index in [-0.39, 0.29) is 6.42 Å². The molecular weight excluding hydrogens is 277 g/mol. The van der Waals surface area contributed by atoms with Crippen LogP contribution in [0, 0.1) is 5.41 Å². The van der Waals surface area contributed by atoms with Gasteiger partial charge in [-0.25, -0.2) is 8.42 Å². The normalized spacial score (nSPS) is 15.5. The number of halogens is 3. The summed E-state index contributed by atoms with van der Waals surface area (Å²) in [4.78, 5) is 0. The monoisotopic (exact) mass is 302 g/mol. The predicted octanol–water partition coefficient (Wildman–Crippen LogP) is 4.70. The Kier molecular flexibility index (Phi) is 6.86. The highest BCUT2D eigenvalue weighted by molar-refractivity contribution is 7.92. The van der Waals surface area contributed by atoms with E-state index in [9.17, 15) is 21.6 Å². The Balaban J connectivity index is 4.78. The number of hydrogen-bond acceptors (Lipinski definition) is 2. The predicted molar refractivity (Wildman–Crippen MR) is 71.6 cm³/mol. The van der Waals surface area contributed by atoms with Gasteiger partial charge in [0.05, 0.1) is 5.25 Å². The summed E-state index contributed by atoms with van der Waals surface area (Å²) in [5, 5.41) is -1.36. The minimum absolute atomic E-state index is 0.0784. The van der Waals surface area contributed by atoms with Gasteiger partial charge in [0.2, 0.25) is 0 Å². The van der Waals surface area contributed by atoms with Crippen molar-refractivity contribution in [3.8, 4) is 0 Å². The molecular formula is C13H25F3O2S. The summed E-state index contributed by atoms with van der Waals surface area (Å²) in [6, 6.07) is 0. The van der Waals surface area contributed by atoms with E-state index >= 15 is 0 Å². The van der Waals surface area contributed by atoms with Crippen LogP contribution in [-0.2, 0) is 9.84 Å². The Bertz CT molecular complexity index is 353. The zero-order valence-corrected chi connectivity index (χ0v) is 13.0. The number of rotatable bonds is 7. The molecule has 0 N–H and O–H groups in total.